The third-order valence-corrected chi connectivity index (χ3v) is 13.2. The van der Waals surface area contributed by atoms with Gasteiger partial charge in [-0.25, -0.2) is 0 Å². The van der Waals surface area contributed by atoms with Crippen LogP contribution >= 0.6 is 0 Å². The van der Waals surface area contributed by atoms with Gasteiger partial charge in [0.1, 0.15) is 6.10 Å². The van der Waals surface area contributed by atoms with Crippen LogP contribution in [0.15, 0.2) is 0 Å². The van der Waals surface area contributed by atoms with E-state index in [0.717, 1.165) is 38.5 Å². The summed E-state index contributed by atoms with van der Waals surface area (Å²) >= 11 is 0. The molecule has 0 radical (unpaired) electrons. The zero-order chi connectivity index (χ0) is 44.5. The number of nitrogens with one attached hydrogen (secondary N) is 1. The Hall–Kier alpha value is -1.14. The van der Waals surface area contributed by atoms with Gasteiger partial charge in [0.25, 0.3) is 0 Å². The van der Waals surface area contributed by atoms with E-state index in [0.29, 0.717) is 19.3 Å². The zero-order valence-corrected chi connectivity index (χ0v) is 41.6. The number of aliphatic hydroxyl groups excluding tert-OH is 2. The molecule has 3 atom stereocenters. The van der Waals surface area contributed by atoms with Crippen LogP contribution in [0.5, 0.6) is 0 Å². The molecule has 1 amide bonds. The van der Waals surface area contributed by atoms with Gasteiger partial charge in [0.05, 0.1) is 25.2 Å². The summed E-state index contributed by atoms with van der Waals surface area (Å²) in [7, 11) is 0. The topological polar surface area (TPSA) is 95.9 Å². The zero-order valence-electron chi connectivity index (χ0n) is 41.6. The van der Waals surface area contributed by atoms with Crippen molar-refractivity contribution >= 4 is 11.9 Å². The normalized spacial score (nSPS) is 13.1. The molecule has 0 spiro atoms. The molecule has 6 heteroatoms. The molecule has 61 heavy (non-hydrogen) atoms. The number of carbonyl (C=O) groups excluding carboxylic acids is 2. The maximum Gasteiger partial charge on any atom is 0.306 e. The molecule has 364 valence electrons. The van der Waals surface area contributed by atoms with Crippen LogP contribution < -0.4 is 5.32 Å². The number of aliphatic hydroxyl groups is 2. The lowest BCUT2D eigenvalue weighted by molar-refractivity contribution is -0.151. The van der Waals surface area contributed by atoms with E-state index in [1.54, 1.807) is 0 Å². The summed E-state index contributed by atoms with van der Waals surface area (Å²) in [6, 6.07) is -0.692. The van der Waals surface area contributed by atoms with Gasteiger partial charge in [0, 0.05) is 6.42 Å². The lowest BCUT2D eigenvalue weighted by atomic mass is 10.0. The minimum Gasteiger partial charge on any atom is -0.462 e. The number of unbranched alkanes of at least 4 members (excludes halogenated alkanes) is 39. The second kappa shape index (κ2) is 49.9. The first-order chi connectivity index (χ1) is 30.0. The summed E-state index contributed by atoms with van der Waals surface area (Å²) in [4.78, 5) is 26.2. The Balaban J connectivity index is 4.46. The average Bonchev–Trinajstić information content (AvgIpc) is 3.25. The van der Waals surface area contributed by atoms with Crippen LogP contribution in [-0.4, -0.2) is 46.9 Å². The smallest absolute Gasteiger partial charge is 0.306 e. The Morgan fingerprint density at radius 2 is 0.689 bits per heavy atom. The van der Waals surface area contributed by atoms with E-state index in [4.69, 9.17) is 4.74 Å². The number of ether oxygens (including phenoxy) is 1. The molecule has 0 aromatic heterocycles. The fraction of sp³-hybridized carbons (Fsp3) is 0.964. The van der Waals surface area contributed by atoms with Crippen molar-refractivity contribution in [3.05, 3.63) is 0 Å². The molecule has 0 aliphatic heterocycles. The molecule has 3 unspecified atom stereocenters. The molecule has 0 saturated heterocycles. The summed E-state index contributed by atoms with van der Waals surface area (Å²) in [6.45, 7) is 6.52. The van der Waals surface area contributed by atoms with Gasteiger partial charge < -0.3 is 20.3 Å². The van der Waals surface area contributed by atoms with Crippen LogP contribution in [0, 0.1) is 0 Å². The van der Waals surface area contributed by atoms with E-state index in [1.807, 2.05) is 0 Å². The maximum absolute atomic E-state index is 13.2. The third-order valence-electron chi connectivity index (χ3n) is 13.2. The predicted octanol–water partition coefficient (Wildman–Crippen LogP) is 16.7. The Morgan fingerprint density at radius 3 is 1.00 bits per heavy atom. The van der Waals surface area contributed by atoms with Crippen molar-refractivity contribution in [2.45, 2.75) is 334 Å². The number of hydrogen-bond donors (Lipinski definition) is 3. The van der Waals surface area contributed by atoms with Crippen molar-refractivity contribution in [1.82, 2.24) is 5.32 Å². The summed E-state index contributed by atoms with van der Waals surface area (Å²) in [5.41, 5.74) is 0. The van der Waals surface area contributed by atoms with E-state index in [9.17, 15) is 19.8 Å². The second-order valence-corrected chi connectivity index (χ2v) is 19.4. The summed E-state index contributed by atoms with van der Waals surface area (Å²) in [6.07, 6.45) is 54.5. The van der Waals surface area contributed by atoms with Crippen molar-refractivity contribution in [3.63, 3.8) is 0 Å². The fourth-order valence-corrected chi connectivity index (χ4v) is 8.96. The number of carbonyl (C=O) groups is 2. The molecule has 0 heterocycles. The summed E-state index contributed by atoms with van der Waals surface area (Å²) in [5.74, 6) is -0.448. The second-order valence-electron chi connectivity index (χ2n) is 19.4. The summed E-state index contributed by atoms with van der Waals surface area (Å²) < 4.78 is 5.95. The van der Waals surface area contributed by atoms with Crippen molar-refractivity contribution in [1.29, 1.82) is 0 Å². The SMILES string of the molecule is CCCCCCCCCCCCCCCCCC(=O)OC(CCCCCCCCCCCCCC)CC(=O)NC(CO)C(O)CCCCCCCCCCCCCCCCC. The lowest BCUT2D eigenvalue weighted by Crippen LogP contribution is -2.46. The fourth-order valence-electron chi connectivity index (χ4n) is 8.96. The molecule has 3 N–H and O–H groups in total. The number of esters is 1. The van der Waals surface area contributed by atoms with Crippen molar-refractivity contribution in [2.24, 2.45) is 0 Å². The van der Waals surface area contributed by atoms with Gasteiger partial charge in [-0.1, -0.05) is 278 Å². The molecule has 6 nitrogen and oxygen atoms in total. The van der Waals surface area contributed by atoms with E-state index in [-0.39, 0.29) is 24.9 Å². The van der Waals surface area contributed by atoms with Gasteiger partial charge in [0.15, 0.2) is 0 Å². The molecule has 0 aliphatic carbocycles. The molecule has 0 bridgehead atoms. The Bertz CT molecular complexity index is 882. The third kappa shape index (κ3) is 45.2. The lowest BCUT2D eigenvalue weighted by Gasteiger charge is -2.24. The van der Waals surface area contributed by atoms with Crippen LogP contribution in [0.4, 0.5) is 0 Å². The van der Waals surface area contributed by atoms with E-state index in [1.165, 1.54) is 231 Å². The molecule has 0 rings (SSSR count). The Labute approximate surface area is 381 Å². The highest BCUT2D eigenvalue weighted by Gasteiger charge is 2.24. The van der Waals surface area contributed by atoms with Gasteiger partial charge in [-0.3, -0.25) is 9.59 Å². The largest absolute Gasteiger partial charge is 0.462 e. The molecule has 0 saturated carbocycles. The first kappa shape index (κ1) is 59.9. The first-order valence-corrected chi connectivity index (χ1v) is 27.8. The first-order valence-electron chi connectivity index (χ1n) is 27.8. The highest BCUT2D eigenvalue weighted by Crippen LogP contribution is 2.19. The molecule has 0 aromatic carbocycles. The number of hydrogen-bond acceptors (Lipinski definition) is 5. The number of amides is 1. The van der Waals surface area contributed by atoms with Crippen LogP contribution in [0.3, 0.4) is 0 Å². The van der Waals surface area contributed by atoms with E-state index >= 15 is 0 Å². The molecular formula is C55H109NO5. The highest BCUT2D eigenvalue weighted by molar-refractivity contribution is 5.77. The van der Waals surface area contributed by atoms with Crippen LogP contribution in [0.1, 0.15) is 316 Å². The highest BCUT2D eigenvalue weighted by atomic mass is 16.5. The molecular weight excluding hydrogens is 755 g/mol. The van der Waals surface area contributed by atoms with E-state index in [2.05, 4.69) is 26.1 Å². The van der Waals surface area contributed by atoms with Crippen LogP contribution in [-0.2, 0) is 14.3 Å². The van der Waals surface area contributed by atoms with Crippen LogP contribution in [0.2, 0.25) is 0 Å². The Morgan fingerprint density at radius 1 is 0.410 bits per heavy atom. The van der Waals surface area contributed by atoms with Gasteiger partial charge in [-0.2, -0.15) is 0 Å². The van der Waals surface area contributed by atoms with Gasteiger partial charge in [-0.05, 0) is 25.7 Å². The van der Waals surface area contributed by atoms with Crippen molar-refractivity contribution < 1.29 is 24.5 Å². The van der Waals surface area contributed by atoms with Gasteiger partial charge >= 0.3 is 5.97 Å². The molecule has 0 fully saturated rings. The standard InChI is InChI=1S/C55H109NO5/c1-4-7-10-13-16-19-22-25-27-29-32-35-38-41-44-47-53(58)52(50-57)56-54(59)49-51(46-43-40-37-34-31-24-21-18-15-12-9-6-3)61-55(60)48-45-42-39-36-33-30-28-26-23-20-17-14-11-8-5-2/h51-53,57-58H,4-50H2,1-3H3,(H,56,59). The van der Waals surface area contributed by atoms with Gasteiger partial charge in [-0.15, -0.1) is 0 Å². The van der Waals surface area contributed by atoms with Crippen LogP contribution in [0.25, 0.3) is 0 Å². The molecule has 0 aromatic rings. The summed E-state index contributed by atoms with van der Waals surface area (Å²) in [5, 5.41) is 23.8. The predicted molar refractivity (Wildman–Crippen MR) is 264 cm³/mol. The maximum atomic E-state index is 13.2. The Kier molecular flexibility index (Phi) is 48.9. The van der Waals surface area contributed by atoms with Crippen molar-refractivity contribution in [2.75, 3.05) is 6.61 Å². The minimum absolute atomic E-state index is 0.0881. The monoisotopic (exact) mass is 864 g/mol. The van der Waals surface area contributed by atoms with Gasteiger partial charge in [0.2, 0.25) is 5.91 Å². The quantitative estimate of drug-likeness (QED) is 0.0418. The van der Waals surface area contributed by atoms with Crippen molar-refractivity contribution in [3.8, 4) is 0 Å². The number of rotatable bonds is 51. The molecule has 0 aliphatic rings. The average molecular weight is 864 g/mol. The minimum atomic E-state index is -0.779. The van der Waals surface area contributed by atoms with E-state index < -0.39 is 18.2 Å².